The highest BCUT2D eigenvalue weighted by atomic mass is 16.7. The molecule has 0 bridgehead atoms. The maximum Gasteiger partial charge on any atom is 0.334 e. The lowest BCUT2D eigenvalue weighted by Gasteiger charge is -2.33. The maximum atomic E-state index is 13.1. The summed E-state index contributed by atoms with van der Waals surface area (Å²) < 4.78 is 23.8. The number of carbonyl (C=O) groups excluding carboxylic acids is 2. The van der Waals surface area contributed by atoms with Crippen molar-refractivity contribution in [2.45, 2.75) is 62.9 Å². The molecule has 4 heterocycles. The van der Waals surface area contributed by atoms with Gasteiger partial charge in [-0.2, -0.15) is 0 Å². The minimum atomic E-state index is -0.848. The highest BCUT2D eigenvalue weighted by Crippen LogP contribution is 2.31. The van der Waals surface area contributed by atoms with Crippen molar-refractivity contribution in [2.75, 3.05) is 39.3 Å². The molecule has 2 fully saturated rings. The molecule has 2 atom stereocenters. The van der Waals surface area contributed by atoms with Crippen LogP contribution in [0.25, 0.3) is 21.8 Å². The molecule has 10 heteroatoms. The molecule has 2 saturated heterocycles. The first-order valence-electron chi connectivity index (χ1n) is 21.2. The van der Waals surface area contributed by atoms with Crippen molar-refractivity contribution in [3.63, 3.8) is 0 Å². The molecule has 4 aromatic carbocycles. The van der Waals surface area contributed by atoms with Crippen LogP contribution < -0.4 is 9.47 Å². The number of nitrogens with zero attached hydrogens (tertiary/aromatic N) is 4. The van der Waals surface area contributed by atoms with Crippen LogP contribution in [0.1, 0.15) is 61.5 Å². The van der Waals surface area contributed by atoms with Crippen LogP contribution in [0.15, 0.2) is 146 Å². The lowest BCUT2D eigenvalue weighted by molar-refractivity contribution is -0.161. The predicted octanol–water partition coefficient (Wildman–Crippen LogP) is 9.08. The molecule has 2 aliphatic heterocycles. The average Bonchev–Trinajstić information content (AvgIpc) is 3.30. The Morgan fingerprint density at radius 1 is 0.550 bits per heavy atom. The summed E-state index contributed by atoms with van der Waals surface area (Å²) in [7, 11) is 0. The molecule has 0 aliphatic carbocycles. The van der Waals surface area contributed by atoms with E-state index in [4.69, 9.17) is 18.9 Å². The number of aromatic nitrogens is 2. The fraction of sp³-hybridized carbons (Fsp3) is 0.320. The third kappa shape index (κ3) is 11.3. The van der Waals surface area contributed by atoms with Crippen LogP contribution in [0, 0.1) is 0 Å². The minimum Gasteiger partial charge on any atom is -0.455 e. The Morgan fingerprint density at radius 2 is 0.933 bits per heavy atom. The number of likely N-dealkylation sites (tertiary alicyclic amines) is 2. The van der Waals surface area contributed by atoms with Crippen molar-refractivity contribution >= 4 is 33.7 Å². The lowest BCUT2D eigenvalue weighted by atomic mass is 9.90. The van der Waals surface area contributed by atoms with Gasteiger partial charge in [-0.1, -0.05) is 72.8 Å². The zero-order valence-electron chi connectivity index (χ0n) is 33.9. The molecular formula is C50H52N4O6. The molecular weight excluding hydrogens is 753 g/mol. The summed E-state index contributed by atoms with van der Waals surface area (Å²) in [5, 5.41) is 2.33. The topological polar surface area (TPSA) is 103 Å². The van der Waals surface area contributed by atoms with Gasteiger partial charge in [0.1, 0.15) is 11.5 Å². The predicted molar refractivity (Wildman–Crippen MR) is 233 cm³/mol. The Labute approximate surface area is 351 Å². The number of ether oxygens (including phenoxy) is 4. The number of benzene rings is 4. The standard InChI is InChI=1S/C50H52N4O6/c55-47(59-49(57-43-13-3-1-4-14-43)25-31-53-27-21-37(22-28-53)41-33-39-11-7-9-17-45(39)51-35-41)19-20-48(56)60-50(58-44-15-5-2-6-16-44)26-32-54-29-23-38(24-30-54)42-34-40-12-8-10-18-46(40)52-36-42/h1-20,33-38,49-50H,21-32H2/b20-19-/t49-,50-/m1/s1. The van der Waals surface area contributed by atoms with Gasteiger partial charge in [-0.25, -0.2) is 9.59 Å². The van der Waals surface area contributed by atoms with Crippen LogP contribution >= 0.6 is 0 Å². The van der Waals surface area contributed by atoms with Crippen molar-refractivity contribution in [3.8, 4) is 11.5 Å². The number of hydrogen-bond donors (Lipinski definition) is 0. The second kappa shape index (κ2) is 20.2. The van der Waals surface area contributed by atoms with E-state index in [1.54, 1.807) is 0 Å². The lowest BCUT2D eigenvalue weighted by Crippen LogP contribution is -2.37. The summed E-state index contributed by atoms with van der Waals surface area (Å²) in [4.78, 5) is 40.4. The van der Waals surface area contributed by atoms with Crippen molar-refractivity contribution in [1.82, 2.24) is 19.8 Å². The van der Waals surface area contributed by atoms with E-state index in [1.807, 2.05) is 97.3 Å². The van der Waals surface area contributed by atoms with Crippen molar-refractivity contribution in [3.05, 3.63) is 157 Å². The zero-order chi connectivity index (χ0) is 40.9. The van der Waals surface area contributed by atoms with Gasteiger partial charge in [0.05, 0.1) is 11.0 Å². The van der Waals surface area contributed by atoms with Gasteiger partial charge < -0.3 is 28.7 Å². The average molecular weight is 805 g/mol. The molecule has 0 radical (unpaired) electrons. The summed E-state index contributed by atoms with van der Waals surface area (Å²) >= 11 is 0. The summed E-state index contributed by atoms with van der Waals surface area (Å²) in [6.07, 6.45) is 9.53. The SMILES string of the molecule is O=C(/C=C\C(=O)O[C@H](CCN1CCC(c2cnc3ccccc3c2)CC1)Oc1ccccc1)O[C@H](CCN1CCC(c2cnc3ccccc3c2)CC1)Oc1ccccc1. The fourth-order valence-electron chi connectivity index (χ4n) is 8.24. The van der Waals surface area contributed by atoms with Gasteiger partial charge in [0.15, 0.2) is 0 Å². The van der Waals surface area contributed by atoms with Gasteiger partial charge in [-0.3, -0.25) is 9.97 Å². The quantitative estimate of drug-likeness (QED) is 0.0535. The number of carbonyl (C=O) groups is 2. The van der Waals surface area contributed by atoms with Gasteiger partial charge in [0.2, 0.25) is 12.6 Å². The van der Waals surface area contributed by atoms with Crippen LogP contribution in [0.2, 0.25) is 0 Å². The van der Waals surface area contributed by atoms with Crippen LogP contribution in [-0.4, -0.2) is 83.6 Å². The maximum absolute atomic E-state index is 13.1. The Kier molecular flexibility index (Phi) is 13.7. The summed E-state index contributed by atoms with van der Waals surface area (Å²) in [5.41, 5.74) is 4.59. The third-order valence-corrected chi connectivity index (χ3v) is 11.6. The van der Waals surface area contributed by atoms with Gasteiger partial charge >= 0.3 is 11.9 Å². The molecule has 8 rings (SSSR count). The fourth-order valence-corrected chi connectivity index (χ4v) is 8.24. The zero-order valence-corrected chi connectivity index (χ0v) is 33.9. The van der Waals surface area contributed by atoms with Crippen molar-refractivity contribution in [2.24, 2.45) is 0 Å². The highest BCUT2D eigenvalue weighted by molar-refractivity contribution is 5.91. The number of esters is 2. The number of rotatable bonds is 16. The molecule has 0 unspecified atom stereocenters. The number of para-hydroxylation sites is 4. The first-order chi connectivity index (χ1) is 29.5. The van der Waals surface area contributed by atoms with Gasteiger partial charge in [0.25, 0.3) is 0 Å². The number of pyridine rings is 2. The number of hydrogen-bond acceptors (Lipinski definition) is 10. The van der Waals surface area contributed by atoms with E-state index >= 15 is 0 Å². The minimum absolute atomic E-state index is 0.451. The summed E-state index contributed by atoms with van der Waals surface area (Å²) in [5.74, 6) is 0.703. The van der Waals surface area contributed by atoms with E-state index in [0.717, 1.165) is 75.0 Å². The Balaban J connectivity index is 0.825. The van der Waals surface area contributed by atoms with Gasteiger partial charge in [-0.05, 0) is 123 Å². The van der Waals surface area contributed by atoms with Crippen LogP contribution in [0.4, 0.5) is 0 Å². The van der Waals surface area contributed by atoms with Crippen molar-refractivity contribution < 1.29 is 28.5 Å². The highest BCUT2D eigenvalue weighted by Gasteiger charge is 2.25. The summed E-state index contributed by atoms with van der Waals surface area (Å²) in [6, 6.07) is 39.6. The molecule has 2 aliphatic rings. The Bertz CT molecular complexity index is 2180. The third-order valence-electron chi connectivity index (χ3n) is 11.6. The van der Waals surface area contributed by atoms with Gasteiger partial charge in [0, 0.05) is 61.2 Å². The smallest absolute Gasteiger partial charge is 0.334 e. The van der Waals surface area contributed by atoms with Crippen LogP contribution in [0.3, 0.4) is 0 Å². The van der Waals surface area contributed by atoms with E-state index in [1.165, 1.54) is 21.9 Å². The first-order valence-corrected chi connectivity index (χ1v) is 21.2. The Hall–Kier alpha value is -6.10. The van der Waals surface area contributed by atoms with E-state index in [2.05, 4.69) is 56.2 Å². The molecule has 10 nitrogen and oxygen atoms in total. The first kappa shape index (κ1) is 40.7. The molecule has 0 N–H and O–H groups in total. The molecule has 0 amide bonds. The largest absolute Gasteiger partial charge is 0.455 e. The molecule has 2 aromatic heterocycles. The normalized spacial score (nSPS) is 16.7. The molecule has 308 valence electrons. The summed E-state index contributed by atoms with van der Waals surface area (Å²) in [6.45, 7) is 5.06. The van der Waals surface area contributed by atoms with Gasteiger partial charge in [-0.15, -0.1) is 0 Å². The second-order valence-corrected chi connectivity index (χ2v) is 15.7. The van der Waals surface area contributed by atoms with E-state index < -0.39 is 24.5 Å². The molecule has 60 heavy (non-hydrogen) atoms. The Morgan fingerprint density at radius 3 is 1.35 bits per heavy atom. The van der Waals surface area contributed by atoms with Crippen LogP contribution in [-0.2, 0) is 19.1 Å². The van der Waals surface area contributed by atoms with Crippen molar-refractivity contribution in [1.29, 1.82) is 0 Å². The second-order valence-electron chi connectivity index (χ2n) is 15.7. The van der Waals surface area contributed by atoms with E-state index in [0.29, 0.717) is 49.3 Å². The number of piperidine rings is 2. The van der Waals surface area contributed by atoms with E-state index in [-0.39, 0.29) is 0 Å². The molecule has 0 spiro atoms. The number of fused-ring (bicyclic) bond motifs is 2. The van der Waals surface area contributed by atoms with Crippen LogP contribution in [0.5, 0.6) is 11.5 Å². The molecule has 6 aromatic rings. The molecule has 0 saturated carbocycles. The van der Waals surface area contributed by atoms with E-state index in [9.17, 15) is 9.59 Å². The monoisotopic (exact) mass is 804 g/mol.